The van der Waals surface area contributed by atoms with Gasteiger partial charge in [-0.05, 0) is 36.4 Å². The highest BCUT2D eigenvalue weighted by atomic mass is 19.1. The summed E-state index contributed by atoms with van der Waals surface area (Å²) in [7, 11) is 2.21. The number of hydrogen-bond donors (Lipinski definition) is 2. The molecular weight excluding hydrogens is 293 g/mol. The lowest BCUT2D eigenvalue weighted by molar-refractivity contribution is -0.880. The highest BCUT2D eigenvalue weighted by Gasteiger charge is 2.17. The molecule has 3 rings (SSSR count). The number of piperazine rings is 1. The fourth-order valence-electron chi connectivity index (χ4n) is 2.75. The molecule has 0 radical (unpaired) electrons. The zero-order chi connectivity index (χ0) is 16.2. The summed E-state index contributed by atoms with van der Waals surface area (Å²) >= 11 is 0. The summed E-state index contributed by atoms with van der Waals surface area (Å²) in [5, 5.41) is 2.73. The van der Waals surface area contributed by atoms with E-state index in [0.29, 0.717) is 5.69 Å². The van der Waals surface area contributed by atoms with Gasteiger partial charge < -0.3 is 15.1 Å². The number of carbonyl (C=O) groups is 1. The van der Waals surface area contributed by atoms with Gasteiger partial charge in [0, 0.05) is 11.4 Å². The third-order valence-corrected chi connectivity index (χ3v) is 4.23. The fraction of sp³-hybridized carbons (Fsp3) is 0.278. The maximum Gasteiger partial charge on any atom is 0.258 e. The SMILES string of the molecule is C[NH+]1CCN(c2ccc(NC(=O)c3ccccc3F)cc2)CC1. The van der Waals surface area contributed by atoms with E-state index in [1.807, 2.05) is 24.3 Å². The summed E-state index contributed by atoms with van der Waals surface area (Å²) in [5.41, 5.74) is 1.88. The van der Waals surface area contributed by atoms with Gasteiger partial charge in [0.05, 0.1) is 38.8 Å². The summed E-state index contributed by atoms with van der Waals surface area (Å²) in [4.78, 5) is 16.0. The highest BCUT2D eigenvalue weighted by molar-refractivity contribution is 6.04. The van der Waals surface area contributed by atoms with Crippen LogP contribution in [0.2, 0.25) is 0 Å². The van der Waals surface area contributed by atoms with Gasteiger partial charge >= 0.3 is 0 Å². The van der Waals surface area contributed by atoms with Crippen molar-refractivity contribution in [1.82, 2.24) is 0 Å². The van der Waals surface area contributed by atoms with Crippen molar-refractivity contribution < 1.29 is 14.1 Å². The van der Waals surface area contributed by atoms with Gasteiger partial charge in [-0.15, -0.1) is 0 Å². The standard InChI is InChI=1S/C18H20FN3O/c1-21-10-12-22(13-11-21)15-8-6-14(7-9-15)20-18(23)16-4-2-3-5-17(16)19/h2-9H,10-13H2,1H3,(H,20,23)/p+1. The maximum atomic E-state index is 13.6. The number of rotatable bonds is 3. The molecule has 0 spiro atoms. The largest absolute Gasteiger partial charge is 0.360 e. The molecule has 1 saturated heterocycles. The second-order valence-corrected chi connectivity index (χ2v) is 5.92. The molecule has 0 saturated carbocycles. The summed E-state index contributed by atoms with van der Waals surface area (Å²) in [6.07, 6.45) is 0. The Kier molecular flexibility index (Phi) is 4.57. The third kappa shape index (κ3) is 3.68. The van der Waals surface area contributed by atoms with E-state index in [1.54, 1.807) is 17.0 Å². The maximum absolute atomic E-state index is 13.6. The van der Waals surface area contributed by atoms with Crippen LogP contribution < -0.4 is 15.1 Å². The first-order valence-corrected chi connectivity index (χ1v) is 7.85. The Morgan fingerprint density at radius 2 is 1.74 bits per heavy atom. The van der Waals surface area contributed by atoms with Gasteiger partial charge in [-0.2, -0.15) is 0 Å². The van der Waals surface area contributed by atoms with Crippen LogP contribution in [0.15, 0.2) is 48.5 Å². The van der Waals surface area contributed by atoms with Crippen LogP contribution in [0.4, 0.5) is 15.8 Å². The van der Waals surface area contributed by atoms with E-state index in [2.05, 4.69) is 17.3 Å². The van der Waals surface area contributed by atoms with Crippen LogP contribution in [0.1, 0.15) is 10.4 Å². The molecule has 1 aliphatic rings. The minimum absolute atomic E-state index is 0.0543. The first-order valence-electron chi connectivity index (χ1n) is 7.85. The molecule has 5 heteroatoms. The number of carbonyl (C=O) groups excluding carboxylic acids is 1. The Morgan fingerprint density at radius 3 is 2.39 bits per heavy atom. The van der Waals surface area contributed by atoms with Crippen molar-refractivity contribution in [3.63, 3.8) is 0 Å². The van der Waals surface area contributed by atoms with E-state index in [1.165, 1.54) is 12.1 Å². The molecule has 2 aromatic rings. The van der Waals surface area contributed by atoms with Crippen molar-refractivity contribution in [2.75, 3.05) is 43.4 Å². The minimum Gasteiger partial charge on any atom is -0.360 e. The average molecular weight is 314 g/mol. The number of benzene rings is 2. The molecule has 0 aromatic heterocycles. The predicted octanol–water partition coefficient (Wildman–Crippen LogP) is 1.41. The molecular formula is C18H21FN3O+. The normalized spacial score (nSPS) is 15.5. The summed E-state index contributed by atoms with van der Waals surface area (Å²) < 4.78 is 13.6. The number of nitrogens with one attached hydrogen (secondary N) is 2. The van der Waals surface area contributed by atoms with Crippen LogP contribution in [0.3, 0.4) is 0 Å². The van der Waals surface area contributed by atoms with Gasteiger partial charge in [0.2, 0.25) is 0 Å². The van der Waals surface area contributed by atoms with E-state index in [9.17, 15) is 9.18 Å². The van der Waals surface area contributed by atoms with Crippen LogP contribution in [0, 0.1) is 5.82 Å². The molecule has 1 amide bonds. The number of hydrogen-bond acceptors (Lipinski definition) is 2. The van der Waals surface area contributed by atoms with E-state index in [-0.39, 0.29) is 5.56 Å². The Bertz CT molecular complexity index is 679. The number of anilines is 2. The molecule has 0 bridgehead atoms. The molecule has 0 unspecified atom stereocenters. The number of likely N-dealkylation sites (N-methyl/N-ethyl adjacent to an activating group) is 1. The summed E-state index contributed by atoms with van der Waals surface area (Å²) in [6.45, 7) is 4.33. The second kappa shape index (κ2) is 6.79. The molecule has 0 atom stereocenters. The minimum atomic E-state index is -0.512. The van der Waals surface area contributed by atoms with E-state index < -0.39 is 11.7 Å². The molecule has 4 nitrogen and oxygen atoms in total. The Hall–Kier alpha value is -2.40. The first kappa shape index (κ1) is 15.5. The number of halogens is 1. The van der Waals surface area contributed by atoms with Crippen LogP contribution in [0.5, 0.6) is 0 Å². The summed E-state index contributed by atoms with van der Waals surface area (Å²) in [5.74, 6) is -0.944. The molecule has 0 aliphatic carbocycles. The van der Waals surface area contributed by atoms with Crippen molar-refractivity contribution in [2.24, 2.45) is 0 Å². The topological polar surface area (TPSA) is 36.8 Å². The highest BCUT2D eigenvalue weighted by Crippen LogP contribution is 2.19. The second-order valence-electron chi connectivity index (χ2n) is 5.92. The van der Waals surface area contributed by atoms with Crippen molar-refractivity contribution in [3.05, 3.63) is 59.9 Å². The zero-order valence-electron chi connectivity index (χ0n) is 13.2. The average Bonchev–Trinajstić information content (AvgIpc) is 2.57. The third-order valence-electron chi connectivity index (χ3n) is 4.23. The Labute approximate surface area is 135 Å². The molecule has 23 heavy (non-hydrogen) atoms. The first-order chi connectivity index (χ1) is 11.1. The number of amides is 1. The fourth-order valence-corrected chi connectivity index (χ4v) is 2.75. The Balaban J connectivity index is 1.66. The van der Waals surface area contributed by atoms with E-state index in [4.69, 9.17) is 0 Å². The van der Waals surface area contributed by atoms with Gasteiger partial charge in [-0.25, -0.2) is 4.39 Å². The van der Waals surface area contributed by atoms with Crippen LogP contribution >= 0.6 is 0 Å². The van der Waals surface area contributed by atoms with Crippen molar-refractivity contribution >= 4 is 17.3 Å². The van der Waals surface area contributed by atoms with Crippen molar-refractivity contribution in [3.8, 4) is 0 Å². The van der Waals surface area contributed by atoms with Gasteiger partial charge in [-0.1, -0.05) is 12.1 Å². The van der Waals surface area contributed by atoms with Gasteiger partial charge in [0.25, 0.3) is 5.91 Å². The monoisotopic (exact) mass is 314 g/mol. The number of nitrogens with zero attached hydrogens (tertiary/aromatic N) is 1. The lowest BCUT2D eigenvalue weighted by atomic mass is 10.2. The predicted molar refractivity (Wildman–Crippen MR) is 89.6 cm³/mol. The van der Waals surface area contributed by atoms with Gasteiger partial charge in [0.15, 0.2) is 0 Å². The van der Waals surface area contributed by atoms with Gasteiger partial charge in [-0.3, -0.25) is 4.79 Å². The van der Waals surface area contributed by atoms with Crippen LogP contribution in [-0.4, -0.2) is 39.1 Å². The zero-order valence-corrected chi connectivity index (χ0v) is 13.2. The Morgan fingerprint density at radius 1 is 1.09 bits per heavy atom. The molecule has 1 heterocycles. The lowest BCUT2D eigenvalue weighted by Crippen LogP contribution is -3.12. The quantitative estimate of drug-likeness (QED) is 0.899. The summed E-state index contributed by atoms with van der Waals surface area (Å²) in [6, 6.07) is 13.7. The lowest BCUT2D eigenvalue weighted by Gasteiger charge is -2.31. The van der Waals surface area contributed by atoms with Gasteiger partial charge in [0.1, 0.15) is 5.82 Å². The molecule has 1 aliphatic heterocycles. The van der Waals surface area contributed by atoms with Crippen LogP contribution in [0.25, 0.3) is 0 Å². The van der Waals surface area contributed by atoms with Crippen molar-refractivity contribution in [1.29, 1.82) is 0 Å². The number of quaternary nitrogens is 1. The van der Waals surface area contributed by atoms with E-state index >= 15 is 0 Å². The molecule has 2 aromatic carbocycles. The van der Waals surface area contributed by atoms with E-state index in [0.717, 1.165) is 31.9 Å². The van der Waals surface area contributed by atoms with Crippen LogP contribution in [-0.2, 0) is 0 Å². The molecule has 1 fully saturated rings. The molecule has 2 N–H and O–H groups in total. The molecule has 120 valence electrons. The smallest absolute Gasteiger partial charge is 0.258 e. The van der Waals surface area contributed by atoms with Crippen molar-refractivity contribution in [2.45, 2.75) is 0 Å².